The van der Waals surface area contributed by atoms with E-state index in [4.69, 9.17) is 11.6 Å². The number of nitrogens with zero attached hydrogens (tertiary/aromatic N) is 1. The summed E-state index contributed by atoms with van der Waals surface area (Å²) in [5, 5.41) is 6.90. The van der Waals surface area contributed by atoms with E-state index in [0.29, 0.717) is 5.02 Å². The Kier molecular flexibility index (Phi) is 6.53. The van der Waals surface area contributed by atoms with Crippen LogP contribution >= 0.6 is 11.6 Å². The average Bonchev–Trinajstić information content (AvgIpc) is 2.68. The molecule has 1 atom stereocenters. The molecule has 1 amide bonds. The Labute approximate surface area is 160 Å². The van der Waals surface area contributed by atoms with Gasteiger partial charge in [-0.05, 0) is 68.1 Å². The fourth-order valence-electron chi connectivity index (χ4n) is 3.23. The lowest BCUT2D eigenvalue weighted by molar-refractivity contribution is -0.115. The van der Waals surface area contributed by atoms with Gasteiger partial charge in [-0.25, -0.2) is 0 Å². The average molecular weight is 372 g/mol. The van der Waals surface area contributed by atoms with Crippen LogP contribution < -0.4 is 15.5 Å². The summed E-state index contributed by atoms with van der Waals surface area (Å²) < 4.78 is 0. The van der Waals surface area contributed by atoms with Gasteiger partial charge in [-0.3, -0.25) is 4.79 Å². The van der Waals surface area contributed by atoms with Crippen molar-refractivity contribution >= 4 is 28.9 Å². The minimum Gasteiger partial charge on any atom is -0.372 e. The number of hydrogen-bond acceptors (Lipinski definition) is 3. The maximum absolute atomic E-state index is 12.2. The minimum absolute atomic E-state index is 0.0449. The maximum Gasteiger partial charge on any atom is 0.238 e. The molecule has 0 unspecified atom stereocenters. The third kappa shape index (κ3) is 5.23. The molecule has 0 aliphatic carbocycles. The Morgan fingerprint density at radius 3 is 2.35 bits per heavy atom. The van der Waals surface area contributed by atoms with Crippen LogP contribution in [0.1, 0.15) is 37.8 Å². The van der Waals surface area contributed by atoms with E-state index in [1.807, 2.05) is 43.3 Å². The maximum atomic E-state index is 12.2. The standard InChI is InChI=1S/C21H26ClN3O/c1-16(17-5-7-18(22)8-6-17)23-15-21(26)24-19-9-11-20(12-10-19)25-13-3-2-4-14-25/h5-12,16,23H,2-4,13-15H2,1H3,(H,24,26)/t16-/m0/s1. The summed E-state index contributed by atoms with van der Waals surface area (Å²) in [4.78, 5) is 14.6. The Morgan fingerprint density at radius 2 is 1.69 bits per heavy atom. The van der Waals surface area contributed by atoms with Gasteiger partial charge in [0.25, 0.3) is 0 Å². The lowest BCUT2D eigenvalue weighted by Gasteiger charge is -2.28. The summed E-state index contributed by atoms with van der Waals surface area (Å²) >= 11 is 5.91. The van der Waals surface area contributed by atoms with E-state index in [1.54, 1.807) is 0 Å². The molecule has 0 saturated carbocycles. The fraction of sp³-hybridized carbons (Fsp3) is 0.381. The van der Waals surface area contributed by atoms with Gasteiger partial charge < -0.3 is 15.5 Å². The van der Waals surface area contributed by atoms with Crippen molar-refractivity contribution in [1.82, 2.24) is 5.32 Å². The van der Waals surface area contributed by atoms with Crippen molar-refractivity contribution in [3.63, 3.8) is 0 Å². The Hall–Kier alpha value is -2.04. The third-order valence-electron chi connectivity index (χ3n) is 4.81. The van der Waals surface area contributed by atoms with Gasteiger partial charge in [0.1, 0.15) is 0 Å². The van der Waals surface area contributed by atoms with Gasteiger partial charge in [0.2, 0.25) is 5.91 Å². The lowest BCUT2D eigenvalue weighted by Crippen LogP contribution is -2.30. The summed E-state index contributed by atoms with van der Waals surface area (Å²) in [7, 11) is 0. The highest BCUT2D eigenvalue weighted by Crippen LogP contribution is 2.22. The van der Waals surface area contributed by atoms with Gasteiger partial charge >= 0.3 is 0 Å². The van der Waals surface area contributed by atoms with Crippen molar-refractivity contribution < 1.29 is 4.79 Å². The summed E-state index contributed by atoms with van der Waals surface area (Å²) in [6.07, 6.45) is 3.85. The number of amides is 1. The normalized spacial score (nSPS) is 15.5. The summed E-state index contributed by atoms with van der Waals surface area (Å²) in [5.41, 5.74) is 3.17. The van der Waals surface area contributed by atoms with Crippen LogP contribution in [0.25, 0.3) is 0 Å². The number of carbonyl (C=O) groups excluding carboxylic acids is 1. The van der Waals surface area contributed by atoms with Gasteiger partial charge in [-0.2, -0.15) is 0 Å². The highest BCUT2D eigenvalue weighted by molar-refractivity contribution is 6.30. The number of piperidine rings is 1. The number of anilines is 2. The van der Waals surface area contributed by atoms with E-state index < -0.39 is 0 Å². The van der Waals surface area contributed by atoms with Crippen molar-refractivity contribution in [3.05, 3.63) is 59.1 Å². The van der Waals surface area contributed by atoms with Gasteiger partial charge in [-0.15, -0.1) is 0 Å². The molecule has 0 bridgehead atoms. The molecule has 1 aliphatic rings. The van der Waals surface area contributed by atoms with Gasteiger partial charge in [0, 0.05) is 35.5 Å². The molecule has 1 aliphatic heterocycles. The predicted molar refractivity (Wildman–Crippen MR) is 109 cm³/mol. The highest BCUT2D eigenvalue weighted by Gasteiger charge is 2.11. The molecule has 5 heteroatoms. The van der Waals surface area contributed by atoms with E-state index in [-0.39, 0.29) is 18.5 Å². The van der Waals surface area contributed by atoms with Crippen LogP contribution in [0, 0.1) is 0 Å². The predicted octanol–water partition coefficient (Wildman–Crippen LogP) is 4.62. The summed E-state index contributed by atoms with van der Waals surface area (Å²) in [5.74, 6) is -0.0449. The quantitative estimate of drug-likeness (QED) is 0.778. The van der Waals surface area contributed by atoms with Crippen LogP contribution in [0.3, 0.4) is 0 Å². The first-order valence-corrected chi connectivity index (χ1v) is 9.63. The van der Waals surface area contributed by atoms with Crippen LogP contribution in [0.5, 0.6) is 0 Å². The second-order valence-corrected chi connectivity index (χ2v) is 7.23. The molecule has 1 heterocycles. The van der Waals surface area contributed by atoms with Crippen LogP contribution in [0.15, 0.2) is 48.5 Å². The first-order chi connectivity index (χ1) is 12.6. The van der Waals surface area contributed by atoms with E-state index in [2.05, 4.69) is 27.7 Å². The molecular weight excluding hydrogens is 346 g/mol. The molecule has 1 fully saturated rings. The van der Waals surface area contributed by atoms with E-state index in [9.17, 15) is 4.79 Å². The number of carbonyl (C=O) groups is 1. The zero-order valence-corrected chi connectivity index (χ0v) is 15.9. The molecule has 4 nitrogen and oxygen atoms in total. The highest BCUT2D eigenvalue weighted by atomic mass is 35.5. The molecule has 0 aromatic heterocycles. The third-order valence-corrected chi connectivity index (χ3v) is 5.06. The largest absolute Gasteiger partial charge is 0.372 e. The number of halogens is 1. The molecule has 2 aromatic carbocycles. The van der Waals surface area contributed by atoms with E-state index >= 15 is 0 Å². The topological polar surface area (TPSA) is 44.4 Å². The van der Waals surface area contributed by atoms with Crippen molar-refractivity contribution in [2.24, 2.45) is 0 Å². The van der Waals surface area contributed by atoms with Crippen LogP contribution in [0.2, 0.25) is 5.02 Å². The van der Waals surface area contributed by atoms with Crippen LogP contribution in [-0.4, -0.2) is 25.5 Å². The van der Waals surface area contributed by atoms with Crippen molar-refractivity contribution in [2.75, 3.05) is 29.9 Å². The van der Waals surface area contributed by atoms with Crippen molar-refractivity contribution in [3.8, 4) is 0 Å². The van der Waals surface area contributed by atoms with Gasteiger partial charge in [-0.1, -0.05) is 23.7 Å². The number of rotatable bonds is 6. The summed E-state index contributed by atoms with van der Waals surface area (Å²) in [6.45, 7) is 4.54. The molecule has 138 valence electrons. The first-order valence-electron chi connectivity index (χ1n) is 9.25. The van der Waals surface area contributed by atoms with Crippen LogP contribution in [0.4, 0.5) is 11.4 Å². The Balaban J connectivity index is 1.47. The number of nitrogens with one attached hydrogen (secondary N) is 2. The second kappa shape index (κ2) is 9.06. The molecule has 3 rings (SSSR count). The van der Waals surface area contributed by atoms with Gasteiger partial charge in [0.05, 0.1) is 6.54 Å². The molecular formula is C21H26ClN3O. The minimum atomic E-state index is -0.0449. The number of benzene rings is 2. The second-order valence-electron chi connectivity index (χ2n) is 6.80. The number of hydrogen-bond donors (Lipinski definition) is 2. The smallest absolute Gasteiger partial charge is 0.238 e. The fourth-order valence-corrected chi connectivity index (χ4v) is 3.35. The van der Waals surface area contributed by atoms with Crippen molar-refractivity contribution in [2.45, 2.75) is 32.2 Å². The SMILES string of the molecule is C[C@H](NCC(=O)Nc1ccc(N2CCCCC2)cc1)c1ccc(Cl)cc1. The van der Waals surface area contributed by atoms with E-state index in [0.717, 1.165) is 24.3 Å². The molecule has 0 spiro atoms. The zero-order chi connectivity index (χ0) is 18.4. The molecule has 0 radical (unpaired) electrons. The van der Waals surface area contributed by atoms with Gasteiger partial charge in [0.15, 0.2) is 0 Å². The molecule has 26 heavy (non-hydrogen) atoms. The Morgan fingerprint density at radius 1 is 1.04 bits per heavy atom. The first kappa shape index (κ1) is 18.7. The van der Waals surface area contributed by atoms with E-state index in [1.165, 1.54) is 24.9 Å². The zero-order valence-electron chi connectivity index (χ0n) is 15.2. The summed E-state index contributed by atoms with van der Waals surface area (Å²) in [6, 6.07) is 15.9. The Bertz CT molecular complexity index is 709. The molecule has 1 saturated heterocycles. The lowest BCUT2D eigenvalue weighted by atomic mass is 10.1. The molecule has 2 aromatic rings. The monoisotopic (exact) mass is 371 g/mol. The van der Waals surface area contributed by atoms with Crippen molar-refractivity contribution in [1.29, 1.82) is 0 Å². The van der Waals surface area contributed by atoms with Crippen LogP contribution in [-0.2, 0) is 4.79 Å². The molecule has 2 N–H and O–H groups in total.